The Morgan fingerprint density at radius 1 is 1.17 bits per heavy atom. The highest BCUT2D eigenvalue weighted by Crippen LogP contribution is 2.17. The fraction of sp³-hybridized carbons (Fsp3) is 0.692. The highest BCUT2D eigenvalue weighted by atomic mass is 79.9. The average molecular weight is 315 g/mol. The molecular formula is C13H23BrN4. The van der Waals surface area contributed by atoms with Gasteiger partial charge in [0.15, 0.2) is 0 Å². The molecule has 0 aromatic carbocycles. The Labute approximate surface area is 119 Å². The second-order valence-electron chi connectivity index (χ2n) is 4.56. The Balaban J connectivity index is 2.71. The Morgan fingerprint density at radius 3 is 2.44 bits per heavy atom. The van der Waals surface area contributed by atoms with E-state index in [2.05, 4.69) is 63.6 Å². The molecule has 5 heteroatoms. The van der Waals surface area contributed by atoms with E-state index in [9.17, 15) is 0 Å². The van der Waals surface area contributed by atoms with Gasteiger partial charge in [-0.2, -0.15) is 0 Å². The van der Waals surface area contributed by atoms with Gasteiger partial charge in [-0.3, -0.25) is 0 Å². The van der Waals surface area contributed by atoms with Crippen LogP contribution in [0.4, 0.5) is 5.82 Å². The minimum atomic E-state index is 0.863. The Morgan fingerprint density at radius 2 is 1.89 bits per heavy atom. The van der Waals surface area contributed by atoms with E-state index in [1.807, 2.05) is 6.07 Å². The Hall–Kier alpha value is -0.680. The summed E-state index contributed by atoms with van der Waals surface area (Å²) in [5.41, 5.74) is 0. The van der Waals surface area contributed by atoms with Gasteiger partial charge in [0.1, 0.15) is 16.2 Å². The lowest BCUT2D eigenvalue weighted by atomic mass is 10.3. The number of anilines is 1. The molecule has 0 fully saturated rings. The molecule has 0 unspecified atom stereocenters. The molecule has 0 aliphatic heterocycles. The van der Waals surface area contributed by atoms with E-state index in [4.69, 9.17) is 0 Å². The average Bonchev–Trinajstić information content (AvgIpc) is 2.33. The van der Waals surface area contributed by atoms with Crippen molar-refractivity contribution in [1.29, 1.82) is 0 Å². The summed E-state index contributed by atoms with van der Waals surface area (Å²) in [6, 6.07) is 2.00. The van der Waals surface area contributed by atoms with Gasteiger partial charge in [-0.25, -0.2) is 9.97 Å². The molecule has 1 aromatic heterocycles. The monoisotopic (exact) mass is 314 g/mol. The van der Waals surface area contributed by atoms with Crippen molar-refractivity contribution in [3.05, 3.63) is 16.5 Å². The largest absolute Gasteiger partial charge is 0.357 e. The van der Waals surface area contributed by atoms with Gasteiger partial charge in [-0.05, 0) is 49.9 Å². The van der Waals surface area contributed by atoms with Crippen molar-refractivity contribution in [1.82, 2.24) is 14.9 Å². The zero-order valence-electron chi connectivity index (χ0n) is 11.8. The maximum absolute atomic E-state index is 4.59. The lowest BCUT2D eigenvalue weighted by Gasteiger charge is -2.23. The lowest BCUT2D eigenvalue weighted by molar-refractivity contribution is 0.400. The molecule has 102 valence electrons. The summed E-state index contributed by atoms with van der Waals surface area (Å²) in [7, 11) is 4.21. The molecule has 0 aliphatic rings. The molecule has 0 N–H and O–H groups in total. The lowest BCUT2D eigenvalue weighted by Crippen LogP contribution is -2.28. The van der Waals surface area contributed by atoms with Crippen molar-refractivity contribution in [3.63, 3.8) is 0 Å². The third-order valence-corrected chi connectivity index (χ3v) is 3.19. The van der Waals surface area contributed by atoms with Crippen molar-refractivity contribution >= 4 is 21.7 Å². The zero-order chi connectivity index (χ0) is 13.5. The first-order chi connectivity index (χ1) is 8.56. The van der Waals surface area contributed by atoms with E-state index < -0.39 is 0 Å². The predicted octanol–water partition coefficient (Wildman–Crippen LogP) is 2.58. The van der Waals surface area contributed by atoms with Crippen molar-refractivity contribution in [2.24, 2.45) is 0 Å². The van der Waals surface area contributed by atoms with Gasteiger partial charge in [0, 0.05) is 25.6 Å². The first-order valence-corrected chi connectivity index (χ1v) is 7.29. The van der Waals surface area contributed by atoms with Gasteiger partial charge in [0.05, 0.1) is 0 Å². The number of hydrogen-bond donors (Lipinski definition) is 0. The van der Waals surface area contributed by atoms with Crippen LogP contribution in [0, 0.1) is 0 Å². The van der Waals surface area contributed by atoms with Crippen LogP contribution in [-0.4, -0.2) is 48.6 Å². The third kappa shape index (κ3) is 4.90. The van der Waals surface area contributed by atoms with Crippen LogP contribution in [0.3, 0.4) is 0 Å². The van der Waals surface area contributed by atoms with Crippen molar-refractivity contribution < 1.29 is 0 Å². The minimum absolute atomic E-state index is 0.863. The number of aryl methyl sites for hydroxylation is 1. The van der Waals surface area contributed by atoms with Gasteiger partial charge in [0.25, 0.3) is 0 Å². The number of rotatable bonds is 7. The standard InChI is InChI=1S/C13H23BrN4/c1-5-12-15-11(14)10-13(16-12)18(6-2)9-7-8-17(3)4/h10H,5-9H2,1-4H3. The van der Waals surface area contributed by atoms with Crippen molar-refractivity contribution in [2.75, 3.05) is 38.6 Å². The summed E-state index contributed by atoms with van der Waals surface area (Å²) in [6.45, 7) is 7.34. The number of halogens is 1. The molecule has 0 amide bonds. The van der Waals surface area contributed by atoms with Crippen LogP contribution >= 0.6 is 15.9 Å². The van der Waals surface area contributed by atoms with Crippen LogP contribution in [0.25, 0.3) is 0 Å². The fourth-order valence-corrected chi connectivity index (χ4v) is 2.19. The van der Waals surface area contributed by atoms with Crippen LogP contribution in [0.15, 0.2) is 10.7 Å². The molecule has 18 heavy (non-hydrogen) atoms. The molecule has 4 nitrogen and oxygen atoms in total. The van der Waals surface area contributed by atoms with Crippen molar-refractivity contribution in [2.45, 2.75) is 26.7 Å². The number of nitrogens with zero attached hydrogens (tertiary/aromatic N) is 4. The molecule has 1 aromatic rings. The summed E-state index contributed by atoms with van der Waals surface area (Å²) >= 11 is 3.46. The first-order valence-electron chi connectivity index (χ1n) is 6.50. The molecule has 0 aliphatic carbocycles. The molecule has 0 bridgehead atoms. The molecule has 0 saturated carbocycles. The summed E-state index contributed by atoms with van der Waals surface area (Å²) in [5.74, 6) is 1.92. The van der Waals surface area contributed by atoms with E-state index in [1.54, 1.807) is 0 Å². The molecule has 1 rings (SSSR count). The summed E-state index contributed by atoms with van der Waals surface area (Å²) in [5, 5.41) is 0. The van der Waals surface area contributed by atoms with E-state index >= 15 is 0 Å². The zero-order valence-corrected chi connectivity index (χ0v) is 13.4. The van der Waals surface area contributed by atoms with Gasteiger partial charge in [-0.15, -0.1) is 0 Å². The number of aromatic nitrogens is 2. The smallest absolute Gasteiger partial charge is 0.133 e. The van der Waals surface area contributed by atoms with Crippen LogP contribution in [0.2, 0.25) is 0 Å². The summed E-state index contributed by atoms with van der Waals surface area (Å²) in [4.78, 5) is 13.5. The van der Waals surface area contributed by atoms with E-state index in [-0.39, 0.29) is 0 Å². The summed E-state index contributed by atoms with van der Waals surface area (Å²) < 4.78 is 0.871. The maximum Gasteiger partial charge on any atom is 0.133 e. The molecule has 1 heterocycles. The van der Waals surface area contributed by atoms with E-state index in [0.29, 0.717) is 0 Å². The van der Waals surface area contributed by atoms with Gasteiger partial charge in [-0.1, -0.05) is 6.92 Å². The Bertz CT molecular complexity index is 368. The third-order valence-electron chi connectivity index (χ3n) is 2.78. The topological polar surface area (TPSA) is 32.3 Å². The molecule has 0 spiro atoms. The molecule has 0 radical (unpaired) electrons. The van der Waals surface area contributed by atoms with Gasteiger partial charge < -0.3 is 9.80 Å². The fourth-order valence-electron chi connectivity index (χ4n) is 1.78. The maximum atomic E-state index is 4.59. The molecule has 0 saturated heterocycles. The SMILES string of the molecule is CCc1nc(Br)cc(N(CC)CCCN(C)C)n1. The van der Waals surface area contributed by atoms with Crippen LogP contribution in [-0.2, 0) is 6.42 Å². The van der Waals surface area contributed by atoms with E-state index in [1.165, 1.54) is 0 Å². The van der Waals surface area contributed by atoms with Crippen LogP contribution < -0.4 is 4.90 Å². The van der Waals surface area contributed by atoms with E-state index in [0.717, 1.165) is 48.7 Å². The first kappa shape index (κ1) is 15.4. The van der Waals surface area contributed by atoms with Gasteiger partial charge >= 0.3 is 0 Å². The predicted molar refractivity (Wildman–Crippen MR) is 80.2 cm³/mol. The second kappa shape index (κ2) is 7.69. The number of hydrogen-bond acceptors (Lipinski definition) is 4. The molecule has 0 atom stereocenters. The Kier molecular flexibility index (Phi) is 6.57. The van der Waals surface area contributed by atoms with Crippen LogP contribution in [0.5, 0.6) is 0 Å². The summed E-state index contributed by atoms with van der Waals surface area (Å²) in [6.07, 6.45) is 2.01. The van der Waals surface area contributed by atoms with Crippen LogP contribution in [0.1, 0.15) is 26.1 Å². The quantitative estimate of drug-likeness (QED) is 0.724. The normalized spacial score (nSPS) is 11.0. The highest BCUT2D eigenvalue weighted by molar-refractivity contribution is 9.10. The minimum Gasteiger partial charge on any atom is -0.357 e. The van der Waals surface area contributed by atoms with Crippen molar-refractivity contribution in [3.8, 4) is 0 Å². The van der Waals surface area contributed by atoms with Gasteiger partial charge in [0.2, 0.25) is 0 Å². The highest BCUT2D eigenvalue weighted by Gasteiger charge is 2.08. The second-order valence-corrected chi connectivity index (χ2v) is 5.37. The molecular weight excluding hydrogens is 292 g/mol.